The minimum atomic E-state index is 0.0901. The fraction of sp³-hybridized carbons (Fsp3) is 0.625. The van der Waals surface area contributed by atoms with Crippen molar-refractivity contribution in [1.29, 1.82) is 0 Å². The summed E-state index contributed by atoms with van der Waals surface area (Å²) in [5.74, 6) is 0.511. The number of anilines is 1. The molecule has 0 fully saturated rings. The van der Waals surface area contributed by atoms with Crippen molar-refractivity contribution in [3.8, 4) is 0 Å². The van der Waals surface area contributed by atoms with Crippen LogP contribution in [0.25, 0.3) is 0 Å². The lowest BCUT2D eigenvalue weighted by atomic mass is 10.3. The molecule has 0 aromatic carbocycles. The van der Waals surface area contributed by atoms with Gasteiger partial charge < -0.3 is 15.2 Å². The van der Waals surface area contributed by atoms with E-state index < -0.39 is 0 Å². The first kappa shape index (κ1) is 10.0. The molecule has 0 bridgehead atoms. The fourth-order valence-corrected chi connectivity index (χ4v) is 1.14. The summed E-state index contributed by atoms with van der Waals surface area (Å²) < 4.78 is 11.8. The summed E-state index contributed by atoms with van der Waals surface area (Å²) in [6, 6.07) is 1.84. The van der Waals surface area contributed by atoms with Gasteiger partial charge in [0.25, 0.3) is 0 Å². The number of ether oxygens (including phenoxy) is 2. The Kier molecular flexibility index (Phi) is 3.72. The molecule has 1 aromatic rings. The molecule has 0 aliphatic heterocycles. The maximum absolute atomic E-state index is 5.50. The van der Waals surface area contributed by atoms with E-state index in [1.807, 2.05) is 6.20 Å². The molecule has 1 rings (SSSR count). The maximum atomic E-state index is 5.50. The van der Waals surface area contributed by atoms with Crippen LogP contribution in [0.4, 0.5) is 5.82 Å². The van der Waals surface area contributed by atoms with E-state index in [4.69, 9.17) is 15.2 Å². The van der Waals surface area contributed by atoms with Crippen molar-refractivity contribution >= 4 is 5.82 Å². The molecule has 0 spiro atoms. The summed E-state index contributed by atoms with van der Waals surface area (Å²) in [6.07, 6.45) is 1.82. The largest absolute Gasteiger partial charge is 0.382 e. The van der Waals surface area contributed by atoms with Gasteiger partial charge in [-0.3, -0.25) is 4.68 Å². The van der Waals surface area contributed by atoms with Gasteiger partial charge in [0.2, 0.25) is 0 Å². The predicted octanol–water partition coefficient (Wildman–Crippen LogP) is 0.299. The van der Waals surface area contributed by atoms with Crippen LogP contribution >= 0.6 is 0 Å². The Morgan fingerprint density at radius 3 is 2.46 bits per heavy atom. The lowest BCUT2D eigenvalue weighted by Crippen LogP contribution is -2.20. The number of nitrogens with two attached hydrogens (primary N) is 1. The first-order valence-electron chi connectivity index (χ1n) is 4.06. The van der Waals surface area contributed by atoms with Crippen LogP contribution in [-0.2, 0) is 9.47 Å². The molecule has 0 saturated carbocycles. The minimum Gasteiger partial charge on any atom is -0.382 e. The summed E-state index contributed by atoms with van der Waals surface area (Å²) in [6.45, 7) is 1.13. The van der Waals surface area contributed by atoms with Crippen molar-refractivity contribution in [2.24, 2.45) is 0 Å². The SMILES string of the molecule is COCC(COC)n1ccc(N)n1. The van der Waals surface area contributed by atoms with E-state index in [-0.39, 0.29) is 6.04 Å². The zero-order valence-corrected chi connectivity index (χ0v) is 7.93. The second kappa shape index (κ2) is 4.84. The highest BCUT2D eigenvalue weighted by Gasteiger charge is 2.10. The van der Waals surface area contributed by atoms with Gasteiger partial charge in [-0.2, -0.15) is 5.10 Å². The van der Waals surface area contributed by atoms with Gasteiger partial charge in [-0.25, -0.2) is 0 Å². The molecule has 74 valence electrons. The third kappa shape index (κ3) is 2.71. The quantitative estimate of drug-likeness (QED) is 0.716. The zero-order chi connectivity index (χ0) is 9.68. The summed E-state index contributed by atoms with van der Waals surface area (Å²) in [7, 11) is 3.30. The van der Waals surface area contributed by atoms with Crippen LogP contribution in [0.3, 0.4) is 0 Å². The van der Waals surface area contributed by atoms with Crippen LogP contribution in [0.5, 0.6) is 0 Å². The third-order valence-electron chi connectivity index (χ3n) is 1.72. The lowest BCUT2D eigenvalue weighted by molar-refractivity contribution is 0.0840. The number of methoxy groups -OCH3 is 2. The topological polar surface area (TPSA) is 62.3 Å². The molecular formula is C8H15N3O2. The van der Waals surface area contributed by atoms with Gasteiger partial charge in [0.05, 0.1) is 19.3 Å². The number of rotatable bonds is 5. The Morgan fingerprint density at radius 2 is 2.08 bits per heavy atom. The summed E-state index contributed by atoms with van der Waals surface area (Å²) in [4.78, 5) is 0. The number of hydrogen-bond acceptors (Lipinski definition) is 4. The van der Waals surface area contributed by atoms with Crippen molar-refractivity contribution in [2.45, 2.75) is 6.04 Å². The van der Waals surface area contributed by atoms with Gasteiger partial charge in [0.15, 0.2) is 0 Å². The Labute approximate surface area is 77.4 Å². The van der Waals surface area contributed by atoms with E-state index >= 15 is 0 Å². The van der Waals surface area contributed by atoms with Crippen molar-refractivity contribution in [1.82, 2.24) is 9.78 Å². The normalized spacial score (nSPS) is 11.0. The molecule has 1 aromatic heterocycles. The van der Waals surface area contributed by atoms with Gasteiger partial charge >= 0.3 is 0 Å². The van der Waals surface area contributed by atoms with E-state index in [1.54, 1.807) is 25.0 Å². The Morgan fingerprint density at radius 1 is 1.46 bits per heavy atom. The van der Waals surface area contributed by atoms with E-state index in [9.17, 15) is 0 Å². The van der Waals surface area contributed by atoms with Crippen LogP contribution in [0.1, 0.15) is 6.04 Å². The molecule has 0 aliphatic carbocycles. The second-order valence-corrected chi connectivity index (χ2v) is 2.79. The van der Waals surface area contributed by atoms with Crippen molar-refractivity contribution in [2.75, 3.05) is 33.2 Å². The molecular weight excluding hydrogens is 170 g/mol. The monoisotopic (exact) mass is 185 g/mol. The number of hydrogen-bond donors (Lipinski definition) is 1. The van der Waals surface area contributed by atoms with Gasteiger partial charge in [0.1, 0.15) is 5.82 Å². The summed E-state index contributed by atoms with van der Waals surface area (Å²) in [5, 5.41) is 4.08. The van der Waals surface area contributed by atoms with Crippen LogP contribution in [-0.4, -0.2) is 37.2 Å². The van der Waals surface area contributed by atoms with Gasteiger partial charge in [-0.05, 0) is 6.07 Å². The van der Waals surface area contributed by atoms with Gasteiger partial charge in [0, 0.05) is 20.4 Å². The molecule has 0 saturated heterocycles. The molecule has 0 amide bonds. The van der Waals surface area contributed by atoms with Crippen LogP contribution in [0, 0.1) is 0 Å². The van der Waals surface area contributed by atoms with Crippen LogP contribution < -0.4 is 5.73 Å². The van der Waals surface area contributed by atoms with E-state index in [2.05, 4.69) is 5.10 Å². The third-order valence-corrected chi connectivity index (χ3v) is 1.72. The van der Waals surface area contributed by atoms with E-state index in [0.29, 0.717) is 19.0 Å². The smallest absolute Gasteiger partial charge is 0.145 e. The molecule has 5 nitrogen and oxygen atoms in total. The Balaban J connectivity index is 2.63. The highest BCUT2D eigenvalue weighted by molar-refractivity contribution is 5.23. The standard InChI is InChI=1S/C8H15N3O2/c1-12-5-7(6-13-2)11-4-3-8(9)10-11/h3-4,7H,5-6H2,1-2H3,(H2,9,10). The van der Waals surface area contributed by atoms with E-state index in [1.165, 1.54) is 0 Å². The van der Waals surface area contributed by atoms with Crippen molar-refractivity contribution in [3.63, 3.8) is 0 Å². The summed E-state index contributed by atoms with van der Waals surface area (Å²) >= 11 is 0. The number of nitrogen functional groups attached to an aromatic ring is 1. The van der Waals surface area contributed by atoms with Gasteiger partial charge in [-0.1, -0.05) is 0 Å². The number of aromatic nitrogens is 2. The molecule has 5 heteroatoms. The molecule has 0 unspecified atom stereocenters. The lowest BCUT2D eigenvalue weighted by Gasteiger charge is -2.15. The second-order valence-electron chi connectivity index (χ2n) is 2.79. The fourth-order valence-electron chi connectivity index (χ4n) is 1.14. The van der Waals surface area contributed by atoms with Crippen LogP contribution in [0.2, 0.25) is 0 Å². The highest BCUT2D eigenvalue weighted by Crippen LogP contribution is 2.08. The molecule has 0 radical (unpaired) electrons. The summed E-state index contributed by atoms with van der Waals surface area (Å²) in [5.41, 5.74) is 5.50. The maximum Gasteiger partial charge on any atom is 0.145 e. The highest BCUT2D eigenvalue weighted by atomic mass is 16.5. The van der Waals surface area contributed by atoms with Crippen molar-refractivity contribution in [3.05, 3.63) is 12.3 Å². The molecule has 0 atom stereocenters. The first-order chi connectivity index (χ1) is 6.27. The molecule has 1 heterocycles. The minimum absolute atomic E-state index is 0.0901. The van der Waals surface area contributed by atoms with Crippen LogP contribution in [0.15, 0.2) is 12.3 Å². The van der Waals surface area contributed by atoms with Crippen molar-refractivity contribution < 1.29 is 9.47 Å². The predicted molar refractivity (Wildman–Crippen MR) is 49.4 cm³/mol. The number of nitrogens with zero attached hydrogens (tertiary/aromatic N) is 2. The zero-order valence-electron chi connectivity index (χ0n) is 7.93. The molecule has 13 heavy (non-hydrogen) atoms. The average Bonchev–Trinajstić information content (AvgIpc) is 2.51. The molecule has 0 aliphatic rings. The van der Waals surface area contributed by atoms with E-state index in [0.717, 1.165) is 0 Å². The first-order valence-corrected chi connectivity index (χ1v) is 4.06. The average molecular weight is 185 g/mol. The Bertz CT molecular complexity index is 243. The van der Waals surface area contributed by atoms with Gasteiger partial charge in [-0.15, -0.1) is 0 Å². The molecule has 2 N–H and O–H groups in total. The Hall–Kier alpha value is -1.07.